The summed E-state index contributed by atoms with van der Waals surface area (Å²) in [6.45, 7) is 4.21. The molecule has 15 heavy (non-hydrogen) atoms. The lowest BCUT2D eigenvalue weighted by Crippen LogP contribution is -2.14. The maximum Gasteiger partial charge on any atom is 0.0583 e. The molecule has 1 atom stereocenters. The summed E-state index contributed by atoms with van der Waals surface area (Å²) in [5.41, 5.74) is 7.60. The van der Waals surface area contributed by atoms with Crippen LogP contribution in [0.3, 0.4) is 0 Å². The Morgan fingerprint density at radius 1 is 1.40 bits per heavy atom. The minimum absolute atomic E-state index is 0.304. The molecule has 0 spiro atoms. The molecule has 0 bridgehead atoms. The summed E-state index contributed by atoms with van der Waals surface area (Å²) in [4.78, 5) is 0. The molecule has 1 rings (SSSR count). The Balaban J connectivity index is 2.67. The maximum atomic E-state index is 9.82. The largest absolute Gasteiger partial charge is 0.399 e. The first-order valence-corrected chi connectivity index (χ1v) is 6.00. The second-order valence-corrected chi connectivity index (χ2v) is 5.25. The van der Waals surface area contributed by atoms with Crippen LogP contribution >= 0.6 is 15.9 Å². The van der Waals surface area contributed by atoms with Crippen LogP contribution in [-0.4, -0.2) is 11.2 Å². The topological polar surface area (TPSA) is 46.2 Å². The van der Waals surface area contributed by atoms with Crippen LogP contribution in [0.1, 0.15) is 25.8 Å². The molecule has 3 N–H and O–H groups in total. The second-order valence-electron chi connectivity index (χ2n) is 4.33. The minimum atomic E-state index is -0.304. The van der Waals surface area contributed by atoms with Crippen LogP contribution in [0.15, 0.2) is 22.7 Å². The van der Waals surface area contributed by atoms with Crippen LogP contribution < -0.4 is 5.73 Å². The molecule has 2 nitrogen and oxygen atoms in total. The van der Waals surface area contributed by atoms with Crippen molar-refractivity contribution in [2.24, 2.45) is 5.92 Å². The average molecular weight is 272 g/mol. The molecule has 84 valence electrons. The van der Waals surface area contributed by atoms with E-state index in [4.69, 9.17) is 5.73 Å². The van der Waals surface area contributed by atoms with Gasteiger partial charge < -0.3 is 10.8 Å². The highest BCUT2D eigenvalue weighted by Crippen LogP contribution is 2.21. The molecule has 0 radical (unpaired) electrons. The third-order valence-corrected chi connectivity index (χ3v) is 2.80. The number of nitrogens with two attached hydrogens (primary N) is 1. The number of benzene rings is 1. The number of hydrogen-bond donors (Lipinski definition) is 2. The van der Waals surface area contributed by atoms with Crippen LogP contribution in [0.25, 0.3) is 0 Å². The van der Waals surface area contributed by atoms with Crippen LogP contribution in [0.4, 0.5) is 5.69 Å². The second kappa shape index (κ2) is 5.52. The maximum absolute atomic E-state index is 9.82. The molecule has 0 saturated carbocycles. The SMILES string of the molecule is CC(C)CC(O)Cc1cc(Br)ccc1N. The van der Waals surface area contributed by atoms with E-state index in [1.807, 2.05) is 18.2 Å². The summed E-state index contributed by atoms with van der Waals surface area (Å²) in [5.74, 6) is 0.508. The molecule has 0 fully saturated rings. The Labute approximate surface area is 99.6 Å². The molecule has 0 saturated heterocycles. The fourth-order valence-corrected chi connectivity index (χ4v) is 2.04. The molecule has 3 heteroatoms. The molecule has 0 aromatic heterocycles. The first-order chi connectivity index (χ1) is 6.99. The Bertz CT molecular complexity index is 325. The van der Waals surface area contributed by atoms with Gasteiger partial charge in [-0.15, -0.1) is 0 Å². The van der Waals surface area contributed by atoms with Gasteiger partial charge in [-0.1, -0.05) is 29.8 Å². The Hall–Kier alpha value is -0.540. The Morgan fingerprint density at radius 3 is 2.67 bits per heavy atom. The summed E-state index contributed by atoms with van der Waals surface area (Å²) >= 11 is 3.40. The molecule has 0 aliphatic rings. The van der Waals surface area contributed by atoms with Crippen LogP contribution in [0, 0.1) is 5.92 Å². The van der Waals surface area contributed by atoms with Gasteiger partial charge in [0.2, 0.25) is 0 Å². The van der Waals surface area contributed by atoms with Gasteiger partial charge in [0.1, 0.15) is 0 Å². The summed E-state index contributed by atoms with van der Waals surface area (Å²) in [7, 11) is 0. The van der Waals surface area contributed by atoms with Crippen LogP contribution in [0.2, 0.25) is 0 Å². The monoisotopic (exact) mass is 271 g/mol. The summed E-state index contributed by atoms with van der Waals surface area (Å²) in [6, 6.07) is 5.74. The fraction of sp³-hybridized carbons (Fsp3) is 0.500. The van der Waals surface area contributed by atoms with Crippen molar-refractivity contribution in [3.63, 3.8) is 0 Å². The van der Waals surface area contributed by atoms with E-state index in [1.54, 1.807) is 0 Å². The van der Waals surface area contributed by atoms with Gasteiger partial charge in [0.15, 0.2) is 0 Å². The van der Waals surface area contributed by atoms with Crippen LogP contribution in [0.5, 0.6) is 0 Å². The van der Waals surface area contributed by atoms with E-state index in [0.29, 0.717) is 12.3 Å². The fourth-order valence-electron chi connectivity index (χ4n) is 1.63. The molecule has 1 aromatic carbocycles. The van der Waals surface area contributed by atoms with E-state index in [-0.39, 0.29) is 6.10 Å². The zero-order chi connectivity index (χ0) is 11.4. The third-order valence-electron chi connectivity index (χ3n) is 2.30. The van der Waals surface area contributed by atoms with Crippen molar-refractivity contribution in [1.29, 1.82) is 0 Å². The number of nitrogen functional groups attached to an aromatic ring is 1. The lowest BCUT2D eigenvalue weighted by atomic mass is 9.99. The number of anilines is 1. The van der Waals surface area contributed by atoms with Crippen molar-refractivity contribution in [2.45, 2.75) is 32.8 Å². The van der Waals surface area contributed by atoms with Gasteiger partial charge in [0, 0.05) is 16.6 Å². The van der Waals surface area contributed by atoms with Gasteiger partial charge in [-0.3, -0.25) is 0 Å². The van der Waals surface area contributed by atoms with Gasteiger partial charge in [-0.25, -0.2) is 0 Å². The normalized spacial score (nSPS) is 13.1. The van der Waals surface area contributed by atoms with Crippen LogP contribution in [-0.2, 0) is 6.42 Å². The molecule has 0 aliphatic heterocycles. The predicted octanol–water partition coefficient (Wildman–Crippen LogP) is 2.98. The van der Waals surface area contributed by atoms with Crippen molar-refractivity contribution in [3.05, 3.63) is 28.2 Å². The zero-order valence-electron chi connectivity index (χ0n) is 9.20. The van der Waals surface area contributed by atoms with Crippen molar-refractivity contribution in [1.82, 2.24) is 0 Å². The summed E-state index contributed by atoms with van der Waals surface area (Å²) < 4.78 is 1.00. The predicted molar refractivity (Wildman–Crippen MR) is 67.7 cm³/mol. The van der Waals surface area contributed by atoms with E-state index in [0.717, 1.165) is 22.1 Å². The Kier molecular flexibility index (Phi) is 4.61. The third kappa shape index (κ3) is 4.22. The number of aliphatic hydroxyl groups is 1. The minimum Gasteiger partial charge on any atom is -0.399 e. The van der Waals surface area contributed by atoms with E-state index in [9.17, 15) is 5.11 Å². The molecule has 0 heterocycles. The lowest BCUT2D eigenvalue weighted by Gasteiger charge is -2.14. The summed E-state index contributed by atoms with van der Waals surface area (Å²) in [6.07, 6.45) is 1.14. The van der Waals surface area contributed by atoms with Gasteiger partial charge in [0.25, 0.3) is 0 Å². The highest BCUT2D eigenvalue weighted by molar-refractivity contribution is 9.10. The molecular weight excluding hydrogens is 254 g/mol. The van der Waals surface area contributed by atoms with Crippen molar-refractivity contribution >= 4 is 21.6 Å². The highest BCUT2D eigenvalue weighted by Gasteiger charge is 2.10. The smallest absolute Gasteiger partial charge is 0.0583 e. The average Bonchev–Trinajstić information content (AvgIpc) is 2.10. The number of rotatable bonds is 4. The summed E-state index contributed by atoms with van der Waals surface area (Å²) in [5, 5.41) is 9.82. The number of hydrogen-bond acceptors (Lipinski definition) is 2. The lowest BCUT2D eigenvalue weighted by molar-refractivity contribution is 0.149. The first kappa shape index (κ1) is 12.5. The van der Waals surface area contributed by atoms with Gasteiger partial charge in [-0.2, -0.15) is 0 Å². The molecule has 0 aliphatic carbocycles. The van der Waals surface area contributed by atoms with E-state index >= 15 is 0 Å². The molecule has 1 aromatic rings. The highest BCUT2D eigenvalue weighted by atomic mass is 79.9. The van der Waals surface area contributed by atoms with Gasteiger partial charge in [-0.05, 0) is 36.1 Å². The van der Waals surface area contributed by atoms with Crippen molar-refractivity contribution < 1.29 is 5.11 Å². The Morgan fingerprint density at radius 2 is 2.07 bits per heavy atom. The first-order valence-electron chi connectivity index (χ1n) is 5.21. The number of aliphatic hydroxyl groups excluding tert-OH is 1. The van der Waals surface area contributed by atoms with E-state index in [1.165, 1.54) is 0 Å². The van der Waals surface area contributed by atoms with E-state index < -0.39 is 0 Å². The van der Waals surface area contributed by atoms with Crippen molar-refractivity contribution in [2.75, 3.05) is 5.73 Å². The molecule has 1 unspecified atom stereocenters. The quantitative estimate of drug-likeness (QED) is 0.828. The number of halogens is 1. The molecular formula is C12H18BrNO. The van der Waals surface area contributed by atoms with Gasteiger partial charge >= 0.3 is 0 Å². The molecule has 0 amide bonds. The van der Waals surface area contributed by atoms with Crippen molar-refractivity contribution in [3.8, 4) is 0 Å². The van der Waals surface area contributed by atoms with E-state index in [2.05, 4.69) is 29.8 Å². The van der Waals surface area contributed by atoms with Gasteiger partial charge in [0.05, 0.1) is 6.10 Å². The standard InChI is InChI=1S/C12H18BrNO/c1-8(2)5-11(15)7-9-6-10(13)3-4-12(9)14/h3-4,6,8,11,15H,5,7,14H2,1-2H3. The zero-order valence-corrected chi connectivity index (χ0v) is 10.8.